The lowest BCUT2D eigenvalue weighted by Gasteiger charge is -2.13. The zero-order valence-corrected chi connectivity index (χ0v) is 18.9. The van der Waals surface area contributed by atoms with E-state index >= 15 is 0 Å². The fourth-order valence-corrected chi connectivity index (χ4v) is 6.57. The highest BCUT2D eigenvalue weighted by atomic mass is 15.0. The minimum Gasteiger partial charge on any atom is -0.290 e. The molecule has 3 heteroatoms. The van der Waals surface area contributed by atoms with Gasteiger partial charge in [-0.05, 0) is 93.7 Å². The molecular formula is C32H19N3. The molecule has 0 radical (unpaired) electrons. The van der Waals surface area contributed by atoms with Crippen molar-refractivity contribution in [3.8, 4) is 22.3 Å². The minimum absolute atomic E-state index is 0.964. The molecule has 0 N–H and O–H groups in total. The van der Waals surface area contributed by atoms with E-state index in [-0.39, 0.29) is 0 Å². The number of nitrogens with zero attached hydrogens (tertiary/aromatic N) is 3. The van der Waals surface area contributed by atoms with Gasteiger partial charge in [-0.15, -0.1) is 0 Å². The molecule has 0 bridgehead atoms. The molecule has 0 spiro atoms. The molecular weight excluding hydrogens is 426 g/mol. The molecule has 3 heterocycles. The molecule has 2 aliphatic rings. The molecule has 3 nitrogen and oxygen atoms in total. The molecule has 3 aromatic heterocycles. The molecule has 0 amide bonds. The number of benzene rings is 4. The van der Waals surface area contributed by atoms with E-state index in [0.717, 1.165) is 40.6 Å². The Balaban J connectivity index is 1.45. The second kappa shape index (κ2) is 6.13. The summed E-state index contributed by atoms with van der Waals surface area (Å²) in [5.74, 6) is 0. The SMILES string of the molecule is c1ccc2c(c1)Cc1ccc3c(c1-2)-c1cc2c(cc1C3)c1ncccc1n1c3ccccc3nc21. The Morgan fingerprint density at radius 1 is 0.600 bits per heavy atom. The standard InChI is InChI=1S/C32H19N3/c1-2-7-22-18(6-1)14-19-11-12-20-15-21-16-24-25(17-23(21)30(20)29(19)22)32-34-26-8-3-4-9-27(26)35(32)28-10-5-13-33-31(24)28/h1-13,16-17H,14-15H2. The van der Waals surface area contributed by atoms with Gasteiger partial charge in [-0.3, -0.25) is 9.38 Å². The van der Waals surface area contributed by atoms with Crippen molar-refractivity contribution in [3.63, 3.8) is 0 Å². The normalized spacial score (nSPS) is 13.5. The topological polar surface area (TPSA) is 30.2 Å². The first-order valence-electron chi connectivity index (χ1n) is 12.2. The summed E-state index contributed by atoms with van der Waals surface area (Å²) in [6.45, 7) is 0. The molecule has 0 saturated carbocycles. The van der Waals surface area contributed by atoms with Crippen LogP contribution in [0.3, 0.4) is 0 Å². The lowest BCUT2D eigenvalue weighted by molar-refractivity contribution is 1.23. The van der Waals surface area contributed by atoms with Gasteiger partial charge < -0.3 is 0 Å². The van der Waals surface area contributed by atoms with Crippen molar-refractivity contribution in [2.45, 2.75) is 12.8 Å². The maximum Gasteiger partial charge on any atom is 0.146 e. The fourth-order valence-electron chi connectivity index (χ4n) is 6.57. The van der Waals surface area contributed by atoms with Gasteiger partial charge >= 0.3 is 0 Å². The van der Waals surface area contributed by atoms with Crippen molar-refractivity contribution < 1.29 is 0 Å². The molecule has 0 aliphatic heterocycles. The predicted molar refractivity (Wildman–Crippen MR) is 142 cm³/mol. The first kappa shape index (κ1) is 17.9. The lowest BCUT2D eigenvalue weighted by atomic mass is 9.93. The summed E-state index contributed by atoms with van der Waals surface area (Å²) in [6, 6.07) is 30.9. The highest BCUT2D eigenvalue weighted by molar-refractivity contribution is 6.14. The van der Waals surface area contributed by atoms with Crippen LogP contribution in [-0.2, 0) is 12.8 Å². The van der Waals surface area contributed by atoms with Crippen molar-refractivity contribution in [3.05, 3.63) is 113 Å². The van der Waals surface area contributed by atoms with E-state index in [4.69, 9.17) is 9.97 Å². The van der Waals surface area contributed by atoms with Crippen LogP contribution >= 0.6 is 0 Å². The second-order valence-electron chi connectivity index (χ2n) is 9.83. The molecule has 4 aromatic carbocycles. The highest BCUT2D eigenvalue weighted by Crippen LogP contribution is 2.50. The lowest BCUT2D eigenvalue weighted by Crippen LogP contribution is -1.94. The van der Waals surface area contributed by atoms with Gasteiger partial charge in [0.25, 0.3) is 0 Å². The highest BCUT2D eigenvalue weighted by Gasteiger charge is 2.29. The zero-order chi connectivity index (χ0) is 22.7. The summed E-state index contributed by atoms with van der Waals surface area (Å²) in [7, 11) is 0. The summed E-state index contributed by atoms with van der Waals surface area (Å²) in [5, 5.41) is 2.36. The predicted octanol–water partition coefficient (Wildman–Crippen LogP) is 7.33. The van der Waals surface area contributed by atoms with Crippen molar-refractivity contribution in [2.24, 2.45) is 0 Å². The Kier molecular flexibility index (Phi) is 3.14. The smallest absolute Gasteiger partial charge is 0.146 e. The van der Waals surface area contributed by atoms with Crippen LogP contribution in [0, 0.1) is 0 Å². The van der Waals surface area contributed by atoms with E-state index in [9.17, 15) is 0 Å². The third-order valence-electron chi connectivity index (χ3n) is 8.02. The van der Waals surface area contributed by atoms with Crippen LogP contribution in [-0.4, -0.2) is 14.4 Å². The number of pyridine rings is 2. The first-order chi connectivity index (χ1) is 17.3. The van der Waals surface area contributed by atoms with Crippen LogP contribution in [0.25, 0.3) is 60.7 Å². The van der Waals surface area contributed by atoms with Gasteiger partial charge in [0.05, 0.1) is 22.1 Å². The average molecular weight is 446 g/mol. The van der Waals surface area contributed by atoms with Crippen LogP contribution in [0.1, 0.15) is 22.3 Å². The van der Waals surface area contributed by atoms with E-state index in [0.29, 0.717) is 0 Å². The molecule has 35 heavy (non-hydrogen) atoms. The molecule has 0 saturated heterocycles. The van der Waals surface area contributed by atoms with E-state index in [1.54, 1.807) is 0 Å². The van der Waals surface area contributed by atoms with E-state index < -0.39 is 0 Å². The maximum atomic E-state index is 5.12. The van der Waals surface area contributed by atoms with Crippen LogP contribution in [0.15, 0.2) is 91.1 Å². The van der Waals surface area contributed by atoms with E-state index in [2.05, 4.69) is 83.3 Å². The van der Waals surface area contributed by atoms with Gasteiger partial charge in [0.1, 0.15) is 5.65 Å². The second-order valence-corrected chi connectivity index (χ2v) is 9.83. The number of fused-ring (bicyclic) bond motifs is 15. The van der Waals surface area contributed by atoms with Crippen molar-refractivity contribution in [2.75, 3.05) is 0 Å². The van der Waals surface area contributed by atoms with Crippen LogP contribution in [0.5, 0.6) is 0 Å². The number of hydrogen-bond donors (Lipinski definition) is 0. The minimum atomic E-state index is 0.964. The maximum absolute atomic E-state index is 5.12. The summed E-state index contributed by atoms with van der Waals surface area (Å²) in [6.07, 6.45) is 3.89. The molecule has 0 fully saturated rings. The Bertz CT molecular complexity index is 2060. The van der Waals surface area contributed by atoms with Crippen LogP contribution in [0.2, 0.25) is 0 Å². The summed E-state index contributed by atoms with van der Waals surface area (Å²) >= 11 is 0. The van der Waals surface area contributed by atoms with Gasteiger partial charge in [0, 0.05) is 17.0 Å². The van der Waals surface area contributed by atoms with Gasteiger partial charge in [-0.1, -0.05) is 48.5 Å². The number of imidazole rings is 1. The molecule has 0 unspecified atom stereocenters. The van der Waals surface area contributed by atoms with E-state index in [1.165, 1.54) is 55.3 Å². The largest absolute Gasteiger partial charge is 0.290 e. The van der Waals surface area contributed by atoms with Crippen LogP contribution < -0.4 is 0 Å². The van der Waals surface area contributed by atoms with Crippen LogP contribution in [0.4, 0.5) is 0 Å². The van der Waals surface area contributed by atoms with Crippen molar-refractivity contribution >= 4 is 38.5 Å². The molecule has 162 valence electrons. The number of para-hydroxylation sites is 2. The van der Waals surface area contributed by atoms with E-state index in [1.807, 2.05) is 12.3 Å². The third-order valence-corrected chi connectivity index (χ3v) is 8.02. The molecule has 0 atom stereocenters. The Hall–Kier alpha value is -4.50. The Morgan fingerprint density at radius 2 is 1.37 bits per heavy atom. The van der Waals surface area contributed by atoms with Gasteiger partial charge in [-0.2, -0.15) is 0 Å². The summed E-state index contributed by atoms with van der Waals surface area (Å²) in [5.41, 5.74) is 16.6. The average Bonchev–Trinajstić information content (AvgIpc) is 3.58. The third kappa shape index (κ3) is 2.17. The van der Waals surface area contributed by atoms with Crippen molar-refractivity contribution in [1.29, 1.82) is 0 Å². The number of aromatic nitrogens is 3. The summed E-state index contributed by atoms with van der Waals surface area (Å²) < 4.78 is 2.28. The quantitative estimate of drug-likeness (QED) is 0.229. The molecule has 9 rings (SSSR count). The van der Waals surface area contributed by atoms with Gasteiger partial charge in [0.15, 0.2) is 0 Å². The number of rotatable bonds is 0. The Labute approximate surface area is 201 Å². The van der Waals surface area contributed by atoms with Gasteiger partial charge in [-0.25, -0.2) is 4.98 Å². The van der Waals surface area contributed by atoms with Gasteiger partial charge in [0.2, 0.25) is 0 Å². The monoisotopic (exact) mass is 445 g/mol. The number of hydrogen-bond acceptors (Lipinski definition) is 2. The zero-order valence-electron chi connectivity index (χ0n) is 18.9. The summed E-state index contributed by atoms with van der Waals surface area (Å²) in [4.78, 5) is 9.98. The first-order valence-corrected chi connectivity index (χ1v) is 12.2. The fraction of sp³-hybridized carbons (Fsp3) is 0.0625. The molecule has 2 aliphatic carbocycles. The Morgan fingerprint density at radius 3 is 2.31 bits per heavy atom. The molecule has 7 aromatic rings. The van der Waals surface area contributed by atoms with Crippen molar-refractivity contribution in [1.82, 2.24) is 14.4 Å².